The minimum atomic E-state index is -0.609. The van der Waals surface area contributed by atoms with E-state index in [1.807, 2.05) is 18.2 Å². The molecule has 0 bridgehead atoms. The van der Waals surface area contributed by atoms with E-state index in [1.165, 1.54) is 7.11 Å². The maximum absolute atomic E-state index is 12.5. The minimum Gasteiger partial charge on any atom is -0.497 e. The maximum atomic E-state index is 12.5. The Labute approximate surface area is 152 Å². The number of esters is 1. The first-order chi connectivity index (χ1) is 12.6. The Hall–Kier alpha value is -2.58. The first kappa shape index (κ1) is 18.2. The summed E-state index contributed by atoms with van der Waals surface area (Å²) in [6, 6.07) is 6.30. The Balaban J connectivity index is 1.98. The number of nitrogens with zero attached hydrogens (tertiary/aromatic N) is 1. The van der Waals surface area contributed by atoms with E-state index in [0.717, 1.165) is 18.7 Å². The quantitative estimate of drug-likeness (QED) is 0.755. The number of carbonyl (C=O) groups excluding carboxylic acids is 2. The van der Waals surface area contributed by atoms with Crippen molar-refractivity contribution in [3.05, 3.63) is 41.1 Å². The number of benzene rings is 1. The predicted octanol–water partition coefficient (Wildman–Crippen LogP) is 0.808. The lowest BCUT2D eigenvalue weighted by Gasteiger charge is -2.33. The molecule has 140 valence electrons. The van der Waals surface area contributed by atoms with Crippen LogP contribution in [-0.4, -0.2) is 64.0 Å². The van der Waals surface area contributed by atoms with Gasteiger partial charge < -0.3 is 24.8 Å². The number of rotatable bonds is 5. The van der Waals surface area contributed by atoms with Crippen molar-refractivity contribution in [2.24, 2.45) is 0 Å². The van der Waals surface area contributed by atoms with Gasteiger partial charge in [-0.3, -0.25) is 4.90 Å². The lowest BCUT2D eigenvalue weighted by atomic mass is 9.94. The highest BCUT2D eigenvalue weighted by Gasteiger charge is 2.34. The average Bonchev–Trinajstić information content (AvgIpc) is 2.68. The van der Waals surface area contributed by atoms with E-state index in [2.05, 4.69) is 15.5 Å². The smallest absolute Gasteiger partial charge is 0.338 e. The summed E-state index contributed by atoms with van der Waals surface area (Å²) in [5, 5.41) is 5.58. The fourth-order valence-electron chi connectivity index (χ4n) is 3.15. The van der Waals surface area contributed by atoms with Crippen LogP contribution in [0.15, 0.2) is 35.5 Å². The Morgan fingerprint density at radius 3 is 2.77 bits per heavy atom. The molecule has 1 unspecified atom stereocenters. The third-order valence-electron chi connectivity index (χ3n) is 4.47. The topological polar surface area (TPSA) is 89.1 Å². The molecule has 8 heteroatoms. The standard InChI is InChI=1S/C18H23N3O5/c1-24-13-5-3-4-12(10-13)16-15(17(22)25-2)14(19-18(23)20-16)11-21-6-8-26-9-7-21/h3-5,10,16H,6-9,11H2,1-2H3,(H2,19,20,23). The molecule has 0 aromatic heterocycles. The summed E-state index contributed by atoms with van der Waals surface area (Å²) in [4.78, 5) is 26.9. The van der Waals surface area contributed by atoms with E-state index in [9.17, 15) is 9.59 Å². The van der Waals surface area contributed by atoms with Crippen molar-refractivity contribution < 1.29 is 23.8 Å². The highest BCUT2D eigenvalue weighted by atomic mass is 16.5. The molecule has 3 rings (SSSR count). The molecule has 2 heterocycles. The van der Waals surface area contributed by atoms with Gasteiger partial charge in [0, 0.05) is 25.3 Å². The van der Waals surface area contributed by atoms with E-state index in [-0.39, 0.29) is 6.03 Å². The van der Waals surface area contributed by atoms with Gasteiger partial charge in [0.2, 0.25) is 0 Å². The number of urea groups is 1. The van der Waals surface area contributed by atoms with Gasteiger partial charge in [-0.25, -0.2) is 9.59 Å². The molecular weight excluding hydrogens is 338 g/mol. The molecule has 1 fully saturated rings. The summed E-state index contributed by atoms with van der Waals surface area (Å²) in [5.74, 6) is 0.169. The molecule has 2 aliphatic rings. The van der Waals surface area contributed by atoms with E-state index < -0.39 is 12.0 Å². The van der Waals surface area contributed by atoms with Crippen molar-refractivity contribution in [3.8, 4) is 5.75 Å². The van der Waals surface area contributed by atoms with Crippen LogP contribution in [0.4, 0.5) is 4.79 Å². The second-order valence-electron chi connectivity index (χ2n) is 6.08. The zero-order chi connectivity index (χ0) is 18.5. The molecule has 1 aromatic carbocycles. The molecular formula is C18H23N3O5. The van der Waals surface area contributed by atoms with Crippen molar-refractivity contribution in [1.29, 1.82) is 0 Å². The second kappa shape index (κ2) is 8.20. The third-order valence-corrected chi connectivity index (χ3v) is 4.47. The van der Waals surface area contributed by atoms with Gasteiger partial charge in [0.25, 0.3) is 0 Å². The largest absolute Gasteiger partial charge is 0.497 e. The molecule has 2 N–H and O–H groups in total. The van der Waals surface area contributed by atoms with Crippen LogP contribution >= 0.6 is 0 Å². The van der Waals surface area contributed by atoms with Crippen molar-refractivity contribution in [2.45, 2.75) is 6.04 Å². The molecule has 2 aliphatic heterocycles. The Morgan fingerprint density at radius 1 is 1.31 bits per heavy atom. The summed E-state index contributed by atoms with van der Waals surface area (Å²) in [7, 11) is 2.90. The Bertz CT molecular complexity index is 713. The lowest BCUT2D eigenvalue weighted by Crippen LogP contribution is -2.49. The highest BCUT2D eigenvalue weighted by molar-refractivity contribution is 5.95. The first-order valence-electron chi connectivity index (χ1n) is 8.45. The Kier molecular flexibility index (Phi) is 5.75. The molecule has 2 amide bonds. The van der Waals surface area contributed by atoms with Crippen LogP contribution in [0.3, 0.4) is 0 Å². The van der Waals surface area contributed by atoms with Gasteiger partial charge in [-0.2, -0.15) is 0 Å². The van der Waals surface area contributed by atoms with Crippen LogP contribution in [0.2, 0.25) is 0 Å². The number of carbonyl (C=O) groups is 2. The van der Waals surface area contributed by atoms with E-state index in [4.69, 9.17) is 14.2 Å². The number of hydrogen-bond donors (Lipinski definition) is 2. The summed E-state index contributed by atoms with van der Waals surface area (Å²) >= 11 is 0. The molecule has 1 saturated heterocycles. The molecule has 1 atom stereocenters. The number of methoxy groups -OCH3 is 2. The molecule has 0 aliphatic carbocycles. The molecule has 0 spiro atoms. The highest BCUT2D eigenvalue weighted by Crippen LogP contribution is 2.30. The first-order valence-corrected chi connectivity index (χ1v) is 8.45. The molecule has 1 aromatic rings. The van der Waals surface area contributed by atoms with Gasteiger partial charge in [0.1, 0.15) is 5.75 Å². The van der Waals surface area contributed by atoms with Gasteiger partial charge in [-0.05, 0) is 17.7 Å². The van der Waals surface area contributed by atoms with Crippen molar-refractivity contribution in [1.82, 2.24) is 15.5 Å². The fraction of sp³-hybridized carbons (Fsp3) is 0.444. The van der Waals surface area contributed by atoms with Crippen LogP contribution in [0.1, 0.15) is 11.6 Å². The van der Waals surface area contributed by atoms with Crippen LogP contribution in [0.5, 0.6) is 5.75 Å². The number of nitrogens with one attached hydrogen (secondary N) is 2. The summed E-state index contributed by atoms with van der Waals surface area (Å²) in [5.41, 5.74) is 1.70. The zero-order valence-corrected chi connectivity index (χ0v) is 14.9. The van der Waals surface area contributed by atoms with E-state index in [1.54, 1.807) is 13.2 Å². The van der Waals surface area contributed by atoms with Gasteiger partial charge in [0.05, 0.1) is 39.0 Å². The number of morpholine rings is 1. The summed E-state index contributed by atoms with van der Waals surface area (Å²) < 4.78 is 15.6. The maximum Gasteiger partial charge on any atom is 0.338 e. The summed E-state index contributed by atoms with van der Waals surface area (Å²) in [6.07, 6.45) is 0. The third kappa shape index (κ3) is 3.97. The molecule has 0 saturated carbocycles. The Morgan fingerprint density at radius 2 is 2.08 bits per heavy atom. The van der Waals surface area contributed by atoms with Crippen molar-refractivity contribution >= 4 is 12.0 Å². The summed E-state index contributed by atoms with van der Waals surface area (Å²) in [6.45, 7) is 3.19. The van der Waals surface area contributed by atoms with Crippen LogP contribution in [-0.2, 0) is 14.3 Å². The second-order valence-corrected chi connectivity index (χ2v) is 6.08. The van der Waals surface area contributed by atoms with Gasteiger partial charge in [-0.1, -0.05) is 12.1 Å². The fourth-order valence-corrected chi connectivity index (χ4v) is 3.15. The van der Waals surface area contributed by atoms with Gasteiger partial charge in [-0.15, -0.1) is 0 Å². The monoisotopic (exact) mass is 361 g/mol. The van der Waals surface area contributed by atoms with Crippen LogP contribution in [0.25, 0.3) is 0 Å². The molecule has 26 heavy (non-hydrogen) atoms. The van der Waals surface area contributed by atoms with Gasteiger partial charge >= 0.3 is 12.0 Å². The predicted molar refractivity (Wildman–Crippen MR) is 93.7 cm³/mol. The number of amides is 2. The van der Waals surface area contributed by atoms with E-state index in [0.29, 0.717) is 36.8 Å². The van der Waals surface area contributed by atoms with Crippen LogP contribution < -0.4 is 15.4 Å². The molecule has 8 nitrogen and oxygen atoms in total. The average molecular weight is 361 g/mol. The lowest BCUT2D eigenvalue weighted by molar-refractivity contribution is -0.136. The zero-order valence-electron chi connectivity index (χ0n) is 14.9. The van der Waals surface area contributed by atoms with Crippen LogP contribution in [0, 0.1) is 0 Å². The van der Waals surface area contributed by atoms with Crippen molar-refractivity contribution in [3.63, 3.8) is 0 Å². The SMILES string of the molecule is COC(=O)C1=C(CN2CCOCC2)NC(=O)NC1c1cccc(OC)c1. The number of hydrogen-bond acceptors (Lipinski definition) is 6. The number of ether oxygens (including phenoxy) is 3. The molecule has 0 radical (unpaired) electrons. The van der Waals surface area contributed by atoms with Crippen molar-refractivity contribution in [2.75, 3.05) is 47.1 Å². The van der Waals surface area contributed by atoms with Gasteiger partial charge in [0.15, 0.2) is 0 Å². The van der Waals surface area contributed by atoms with E-state index >= 15 is 0 Å². The normalized spacial score (nSPS) is 21.0. The minimum absolute atomic E-state index is 0.353.